The first-order chi connectivity index (χ1) is 9.81. The van der Waals surface area contributed by atoms with Crippen molar-refractivity contribution in [1.82, 2.24) is 0 Å². The molecule has 0 unspecified atom stereocenters. The predicted molar refractivity (Wildman–Crippen MR) is 73.4 cm³/mol. The van der Waals surface area contributed by atoms with Crippen LogP contribution in [-0.2, 0) is 4.74 Å². The molecule has 0 radical (unpaired) electrons. The summed E-state index contributed by atoms with van der Waals surface area (Å²) in [6, 6.07) is 6.77. The molecule has 1 aromatic carbocycles. The molecule has 0 heterocycles. The van der Waals surface area contributed by atoms with Crippen LogP contribution in [0.3, 0.4) is 0 Å². The molecule has 0 aliphatic carbocycles. The van der Waals surface area contributed by atoms with Gasteiger partial charge in [0, 0.05) is 17.8 Å². The summed E-state index contributed by atoms with van der Waals surface area (Å²) in [6.07, 6.45) is -6.74. The summed E-state index contributed by atoms with van der Waals surface area (Å²) >= 11 is 0. The first kappa shape index (κ1) is 16.8. The minimum atomic E-state index is -4.38. The number of anilines is 1. The maximum atomic E-state index is 11.9. The third-order valence-electron chi connectivity index (χ3n) is 2.38. The number of hydrogen-bond donors (Lipinski definition) is 2. The number of nitrogens with zero attached hydrogens (tertiary/aromatic N) is 1. The number of rotatable bonds is 5. The molecule has 0 saturated carbocycles. The summed E-state index contributed by atoms with van der Waals surface area (Å²) in [4.78, 5) is 14.6. The number of nitrogens with one attached hydrogen (secondary N) is 1. The van der Waals surface area contributed by atoms with Gasteiger partial charge in [-0.1, -0.05) is 0 Å². The second kappa shape index (κ2) is 7.51. The Bertz CT molecular complexity index is 498. The lowest BCUT2D eigenvalue weighted by Crippen LogP contribution is -2.18. The van der Waals surface area contributed by atoms with Crippen molar-refractivity contribution in [1.29, 1.82) is 0 Å². The molecule has 116 valence electrons. The van der Waals surface area contributed by atoms with Crippen molar-refractivity contribution in [3.63, 3.8) is 0 Å². The molecule has 0 bridgehead atoms. The van der Waals surface area contributed by atoms with Crippen molar-refractivity contribution < 1.29 is 22.7 Å². The molecule has 1 amide bonds. The molecule has 0 aliphatic heterocycles. The Balaban J connectivity index is 2.56. The van der Waals surface area contributed by atoms with E-state index in [4.69, 9.17) is 5.73 Å². The highest BCUT2D eigenvalue weighted by atomic mass is 19.4. The fourth-order valence-electron chi connectivity index (χ4n) is 1.41. The Kier molecular flexibility index (Phi) is 6.01. The van der Waals surface area contributed by atoms with Gasteiger partial charge in [-0.05, 0) is 31.2 Å². The average Bonchev–Trinajstić information content (AvgIpc) is 2.38. The number of carbonyl (C=O) groups is 1. The highest BCUT2D eigenvalue weighted by Crippen LogP contribution is 2.19. The minimum absolute atomic E-state index is 0.116. The van der Waals surface area contributed by atoms with Crippen LogP contribution in [0.2, 0.25) is 0 Å². The summed E-state index contributed by atoms with van der Waals surface area (Å²) < 4.78 is 40.0. The van der Waals surface area contributed by atoms with Gasteiger partial charge in [-0.3, -0.25) is 0 Å². The van der Waals surface area contributed by atoms with E-state index < -0.39 is 25.3 Å². The molecule has 0 spiro atoms. The van der Waals surface area contributed by atoms with Crippen LogP contribution in [0, 0.1) is 0 Å². The van der Waals surface area contributed by atoms with Gasteiger partial charge in [0.05, 0.1) is 6.42 Å². The molecule has 0 fully saturated rings. The van der Waals surface area contributed by atoms with E-state index in [2.05, 4.69) is 15.0 Å². The average molecular weight is 303 g/mol. The van der Waals surface area contributed by atoms with E-state index in [-0.39, 0.29) is 5.84 Å². The number of amides is 1. The number of aliphatic imine (C=N–C) groups is 1. The molecule has 1 aromatic rings. The van der Waals surface area contributed by atoms with Gasteiger partial charge in [0.1, 0.15) is 12.4 Å². The monoisotopic (exact) mass is 303 g/mol. The first-order valence-electron chi connectivity index (χ1n) is 6.24. The molecule has 0 aliphatic rings. The summed E-state index contributed by atoms with van der Waals surface area (Å²) in [5.74, 6) is -0.116. The van der Waals surface area contributed by atoms with Gasteiger partial charge in [-0.2, -0.15) is 18.2 Å². The molecule has 0 saturated heterocycles. The molecule has 3 N–H and O–H groups in total. The van der Waals surface area contributed by atoms with E-state index in [1.165, 1.54) is 0 Å². The van der Waals surface area contributed by atoms with E-state index >= 15 is 0 Å². The van der Waals surface area contributed by atoms with E-state index in [0.29, 0.717) is 5.56 Å². The van der Waals surface area contributed by atoms with Crippen LogP contribution in [0.1, 0.15) is 18.9 Å². The molecule has 0 atom stereocenters. The van der Waals surface area contributed by atoms with E-state index in [0.717, 1.165) is 12.2 Å². The zero-order valence-corrected chi connectivity index (χ0v) is 11.4. The van der Waals surface area contributed by atoms with Gasteiger partial charge in [-0.15, -0.1) is 0 Å². The van der Waals surface area contributed by atoms with Crippen molar-refractivity contribution in [2.75, 3.05) is 18.5 Å². The van der Waals surface area contributed by atoms with Crippen molar-refractivity contribution in [3.05, 3.63) is 29.8 Å². The van der Waals surface area contributed by atoms with E-state index in [1.54, 1.807) is 24.3 Å². The highest BCUT2D eigenvalue weighted by molar-refractivity contribution is 6.02. The number of benzene rings is 1. The summed E-state index contributed by atoms with van der Waals surface area (Å²) in [5.41, 5.74) is 6.94. The van der Waals surface area contributed by atoms with Crippen LogP contribution >= 0.6 is 0 Å². The molecule has 0 aromatic heterocycles. The third-order valence-corrected chi connectivity index (χ3v) is 2.38. The fraction of sp³-hybridized carbons (Fsp3) is 0.385. The van der Waals surface area contributed by atoms with Crippen molar-refractivity contribution in [2.45, 2.75) is 19.5 Å². The smallest absolute Gasteiger partial charge is 0.435 e. The second-order valence-electron chi connectivity index (χ2n) is 4.08. The largest absolute Gasteiger partial charge is 0.448 e. The number of carbonyl (C=O) groups excluding carboxylic acids is 1. The van der Waals surface area contributed by atoms with Crippen LogP contribution in [0.5, 0.6) is 0 Å². The van der Waals surface area contributed by atoms with Crippen molar-refractivity contribution in [3.8, 4) is 0 Å². The quantitative estimate of drug-likeness (QED) is 0.647. The van der Waals surface area contributed by atoms with Gasteiger partial charge in [0.15, 0.2) is 0 Å². The van der Waals surface area contributed by atoms with Crippen LogP contribution in [0.25, 0.3) is 0 Å². The lowest BCUT2D eigenvalue weighted by Gasteiger charge is -2.06. The number of halogens is 3. The van der Waals surface area contributed by atoms with Gasteiger partial charge in [0.2, 0.25) is 0 Å². The van der Waals surface area contributed by atoms with Crippen molar-refractivity contribution >= 4 is 17.6 Å². The fourth-order valence-corrected chi connectivity index (χ4v) is 1.41. The Hall–Kier alpha value is -2.25. The Morgan fingerprint density at radius 3 is 2.48 bits per heavy atom. The van der Waals surface area contributed by atoms with Crippen LogP contribution < -0.4 is 11.1 Å². The standard InChI is InChI=1S/C13H16F3N3O2/c1-2-18-10-5-3-9(4-6-10)11(17)19-12(20)21-8-7-13(14,15)16/h3-6,18H,2,7-8H2,1H3,(H2,17,19,20). The minimum Gasteiger partial charge on any atom is -0.448 e. The zero-order valence-electron chi connectivity index (χ0n) is 11.4. The summed E-state index contributed by atoms with van der Waals surface area (Å²) in [7, 11) is 0. The van der Waals surface area contributed by atoms with Gasteiger partial charge < -0.3 is 15.8 Å². The summed E-state index contributed by atoms with van der Waals surface area (Å²) in [6.45, 7) is 1.92. The SMILES string of the molecule is CCNc1ccc(/C(N)=N/C(=O)OCCC(F)(F)F)cc1. The number of ether oxygens (including phenoxy) is 1. The zero-order chi connectivity index (χ0) is 15.9. The number of hydrogen-bond acceptors (Lipinski definition) is 3. The normalized spacial score (nSPS) is 12.1. The Morgan fingerprint density at radius 1 is 1.33 bits per heavy atom. The topological polar surface area (TPSA) is 76.7 Å². The molecule has 1 rings (SSSR count). The van der Waals surface area contributed by atoms with Gasteiger partial charge >= 0.3 is 12.3 Å². The number of nitrogens with two attached hydrogens (primary N) is 1. The summed E-state index contributed by atoms with van der Waals surface area (Å²) in [5, 5.41) is 3.08. The maximum Gasteiger partial charge on any atom is 0.435 e. The lowest BCUT2D eigenvalue weighted by molar-refractivity contribution is -0.141. The Morgan fingerprint density at radius 2 is 1.95 bits per heavy atom. The van der Waals surface area contributed by atoms with E-state index in [1.807, 2.05) is 6.92 Å². The van der Waals surface area contributed by atoms with Crippen molar-refractivity contribution in [2.24, 2.45) is 10.7 Å². The van der Waals surface area contributed by atoms with Crippen LogP contribution in [0.4, 0.5) is 23.7 Å². The molecular weight excluding hydrogens is 287 g/mol. The van der Waals surface area contributed by atoms with Gasteiger partial charge in [-0.25, -0.2) is 4.79 Å². The van der Waals surface area contributed by atoms with Gasteiger partial charge in [0.25, 0.3) is 0 Å². The third kappa shape index (κ3) is 6.64. The molecule has 21 heavy (non-hydrogen) atoms. The number of amidine groups is 1. The Labute approximate surface area is 120 Å². The van der Waals surface area contributed by atoms with Crippen LogP contribution in [-0.4, -0.2) is 31.3 Å². The molecular formula is C13H16F3N3O2. The lowest BCUT2D eigenvalue weighted by atomic mass is 10.2. The van der Waals surface area contributed by atoms with Crippen LogP contribution in [0.15, 0.2) is 29.3 Å². The predicted octanol–water partition coefficient (Wildman–Crippen LogP) is 2.91. The highest BCUT2D eigenvalue weighted by Gasteiger charge is 2.27. The maximum absolute atomic E-state index is 11.9. The molecule has 8 heteroatoms. The van der Waals surface area contributed by atoms with E-state index in [9.17, 15) is 18.0 Å². The second-order valence-corrected chi connectivity index (χ2v) is 4.08. The molecule has 5 nitrogen and oxygen atoms in total. The first-order valence-corrected chi connectivity index (χ1v) is 6.24. The number of alkyl halides is 3.